The lowest BCUT2D eigenvalue weighted by Gasteiger charge is -2.28. The third kappa shape index (κ3) is 6.04. The van der Waals surface area contributed by atoms with Crippen LogP contribution in [0.5, 0.6) is 0 Å². The number of carbonyl (C=O) groups is 2. The van der Waals surface area contributed by atoms with Crippen LogP contribution < -0.4 is 10.9 Å². The van der Waals surface area contributed by atoms with Crippen molar-refractivity contribution >= 4 is 17.5 Å². The van der Waals surface area contributed by atoms with Gasteiger partial charge in [-0.25, -0.2) is 9.07 Å². The third-order valence-electron chi connectivity index (χ3n) is 6.41. The van der Waals surface area contributed by atoms with E-state index in [0.717, 1.165) is 5.56 Å². The monoisotopic (exact) mass is 520 g/mol. The molecule has 2 amide bonds. The molecule has 0 radical (unpaired) electrons. The van der Waals surface area contributed by atoms with Crippen LogP contribution in [-0.2, 0) is 20.9 Å². The Labute approximate surface area is 219 Å². The van der Waals surface area contributed by atoms with Crippen molar-refractivity contribution in [1.82, 2.24) is 14.7 Å². The SMILES string of the molecule is COC[C@H](O)Cn1nc(-c2ccc(C)c(NC(=O)C3=CN(C)C(=O)C[C@H]3c3ccc(F)cc3)c2)ccc1=O. The van der Waals surface area contributed by atoms with Crippen molar-refractivity contribution in [2.45, 2.75) is 31.9 Å². The van der Waals surface area contributed by atoms with E-state index in [9.17, 15) is 23.9 Å². The molecule has 1 aliphatic rings. The fourth-order valence-electron chi connectivity index (χ4n) is 4.30. The van der Waals surface area contributed by atoms with Gasteiger partial charge in [-0.15, -0.1) is 0 Å². The zero-order chi connectivity index (χ0) is 27.4. The highest BCUT2D eigenvalue weighted by Crippen LogP contribution is 2.34. The fraction of sp³-hybridized carbons (Fsp3) is 0.286. The highest BCUT2D eigenvalue weighted by atomic mass is 19.1. The van der Waals surface area contributed by atoms with Gasteiger partial charge in [0.15, 0.2) is 0 Å². The number of aliphatic hydroxyl groups excluding tert-OH is 1. The van der Waals surface area contributed by atoms with Crippen LogP contribution in [0.3, 0.4) is 0 Å². The van der Waals surface area contributed by atoms with Crippen molar-refractivity contribution in [2.24, 2.45) is 0 Å². The number of hydrogen-bond acceptors (Lipinski definition) is 6. The Morgan fingerprint density at radius 1 is 1.18 bits per heavy atom. The van der Waals surface area contributed by atoms with Crippen LogP contribution in [0.1, 0.15) is 23.5 Å². The number of amides is 2. The topological polar surface area (TPSA) is 114 Å². The molecule has 2 atom stereocenters. The summed E-state index contributed by atoms with van der Waals surface area (Å²) in [6.45, 7) is 1.88. The predicted octanol–water partition coefficient (Wildman–Crippen LogP) is 2.83. The number of benzene rings is 2. The third-order valence-corrected chi connectivity index (χ3v) is 6.41. The van der Waals surface area contributed by atoms with Gasteiger partial charge in [-0.2, -0.15) is 5.10 Å². The van der Waals surface area contributed by atoms with Gasteiger partial charge >= 0.3 is 0 Å². The van der Waals surface area contributed by atoms with Gasteiger partial charge in [0, 0.05) is 55.6 Å². The number of rotatable bonds is 8. The Bertz CT molecular complexity index is 1430. The summed E-state index contributed by atoms with van der Waals surface area (Å²) in [4.78, 5) is 39.5. The van der Waals surface area contributed by atoms with E-state index in [4.69, 9.17) is 4.74 Å². The molecule has 0 aliphatic carbocycles. The number of anilines is 1. The summed E-state index contributed by atoms with van der Waals surface area (Å²) in [7, 11) is 3.05. The Balaban J connectivity index is 1.62. The van der Waals surface area contributed by atoms with Crippen molar-refractivity contribution in [2.75, 3.05) is 26.1 Å². The van der Waals surface area contributed by atoms with Crippen LogP contribution >= 0.6 is 0 Å². The van der Waals surface area contributed by atoms with Gasteiger partial charge in [0.05, 0.1) is 24.9 Å². The molecule has 2 aromatic carbocycles. The first-order valence-electron chi connectivity index (χ1n) is 12.1. The van der Waals surface area contributed by atoms with Crippen LogP contribution in [0.25, 0.3) is 11.3 Å². The number of aliphatic hydroxyl groups is 1. The summed E-state index contributed by atoms with van der Waals surface area (Å²) in [5, 5.41) is 17.3. The van der Waals surface area contributed by atoms with Crippen molar-refractivity contribution in [3.63, 3.8) is 0 Å². The lowest BCUT2D eigenvalue weighted by atomic mass is 9.85. The van der Waals surface area contributed by atoms with Gasteiger partial charge in [0.2, 0.25) is 5.91 Å². The molecule has 4 rings (SSSR count). The maximum atomic E-state index is 13.5. The number of carbonyl (C=O) groups excluding carboxylic acids is 2. The standard InChI is InChI=1S/C28H29FN4O5/c1-17-4-5-19(24-10-11-26(35)33(31-24)14-21(34)16-38-3)12-25(17)30-28(37)23-15-32(2)27(36)13-22(23)18-6-8-20(29)9-7-18/h4-12,15,21-22,34H,13-14,16H2,1-3H3,(H,30,37)/t21-,22+/m1/s1. The van der Waals surface area contributed by atoms with Crippen LogP contribution in [0.15, 0.2) is 71.2 Å². The minimum absolute atomic E-state index is 0.0267. The van der Waals surface area contributed by atoms with Crippen molar-refractivity contribution in [3.05, 3.63) is 93.7 Å². The summed E-state index contributed by atoms with van der Waals surface area (Å²) in [5.74, 6) is -1.46. The van der Waals surface area contributed by atoms with Gasteiger partial charge in [-0.1, -0.05) is 24.3 Å². The highest BCUT2D eigenvalue weighted by Gasteiger charge is 2.31. The maximum absolute atomic E-state index is 13.5. The largest absolute Gasteiger partial charge is 0.389 e. The maximum Gasteiger partial charge on any atom is 0.266 e. The number of nitrogens with zero attached hydrogens (tertiary/aromatic N) is 3. The van der Waals surface area contributed by atoms with E-state index in [1.54, 1.807) is 31.3 Å². The summed E-state index contributed by atoms with van der Waals surface area (Å²) in [5.41, 5.74) is 3.15. The van der Waals surface area contributed by atoms with Crippen molar-refractivity contribution < 1.29 is 23.8 Å². The second-order valence-corrected chi connectivity index (χ2v) is 9.23. The van der Waals surface area contributed by atoms with Crippen LogP contribution in [-0.4, -0.2) is 58.5 Å². The van der Waals surface area contributed by atoms with Crippen LogP contribution in [0.4, 0.5) is 10.1 Å². The molecule has 0 unspecified atom stereocenters. The van der Waals surface area contributed by atoms with E-state index >= 15 is 0 Å². The summed E-state index contributed by atoms with van der Waals surface area (Å²) >= 11 is 0. The first kappa shape index (κ1) is 26.9. The molecule has 3 aromatic rings. The molecule has 0 spiro atoms. The molecule has 0 saturated carbocycles. The Hall–Kier alpha value is -4.15. The molecule has 10 heteroatoms. The minimum atomic E-state index is -0.892. The van der Waals surface area contributed by atoms with Gasteiger partial charge in [-0.05, 0) is 42.3 Å². The van der Waals surface area contributed by atoms with E-state index in [2.05, 4.69) is 10.4 Å². The average molecular weight is 521 g/mol. The fourth-order valence-corrected chi connectivity index (χ4v) is 4.30. The lowest BCUT2D eigenvalue weighted by Crippen LogP contribution is -2.33. The molecule has 0 fully saturated rings. The number of methoxy groups -OCH3 is 1. The van der Waals surface area contributed by atoms with E-state index in [-0.39, 0.29) is 36.9 Å². The summed E-state index contributed by atoms with van der Waals surface area (Å²) < 4.78 is 19.6. The van der Waals surface area contributed by atoms with Crippen LogP contribution in [0.2, 0.25) is 0 Å². The van der Waals surface area contributed by atoms with Crippen LogP contribution in [0, 0.1) is 12.7 Å². The molecule has 2 heterocycles. The Morgan fingerprint density at radius 2 is 1.92 bits per heavy atom. The van der Waals surface area contributed by atoms with E-state index < -0.39 is 17.8 Å². The zero-order valence-corrected chi connectivity index (χ0v) is 21.3. The molecule has 0 bridgehead atoms. The van der Waals surface area contributed by atoms with E-state index in [1.165, 1.54) is 41.1 Å². The molecule has 198 valence electrons. The first-order chi connectivity index (χ1) is 18.2. The molecule has 38 heavy (non-hydrogen) atoms. The van der Waals surface area contributed by atoms with Crippen molar-refractivity contribution in [3.8, 4) is 11.3 Å². The summed E-state index contributed by atoms with van der Waals surface area (Å²) in [6.07, 6.45) is 0.703. The van der Waals surface area contributed by atoms with E-state index in [0.29, 0.717) is 28.1 Å². The average Bonchev–Trinajstić information content (AvgIpc) is 2.88. The zero-order valence-electron chi connectivity index (χ0n) is 21.3. The molecule has 2 N–H and O–H groups in total. The van der Waals surface area contributed by atoms with Gasteiger partial charge in [0.1, 0.15) is 5.82 Å². The second kappa shape index (κ2) is 11.5. The number of nitrogens with one attached hydrogen (secondary N) is 1. The molecule has 0 saturated heterocycles. The quantitative estimate of drug-likeness (QED) is 0.472. The molecule has 1 aromatic heterocycles. The molecular formula is C28H29FN4O5. The number of aromatic nitrogens is 2. The van der Waals surface area contributed by atoms with E-state index in [1.807, 2.05) is 19.1 Å². The number of hydrogen-bond donors (Lipinski definition) is 2. The Morgan fingerprint density at radius 3 is 2.63 bits per heavy atom. The minimum Gasteiger partial charge on any atom is -0.389 e. The predicted molar refractivity (Wildman–Crippen MR) is 140 cm³/mol. The smallest absolute Gasteiger partial charge is 0.266 e. The first-order valence-corrected chi connectivity index (χ1v) is 12.1. The normalized spacial score (nSPS) is 16.2. The second-order valence-electron chi connectivity index (χ2n) is 9.23. The number of halogens is 1. The number of ether oxygens (including phenoxy) is 1. The highest BCUT2D eigenvalue weighted by molar-refractivity contribution is 6.07. The number of aryl methyl sites for hydroxylation is 1. The molecular weight excluding hydrogens is 491 g/mol. The lowest BCUT2D eigenvalue weighted by molar-refractivity contribution is -0.128. The van der Waals surface area contributed by atoms with Crippen molar-refractivity contribution in [1.29, 1.82) is 0 Å². The molecule has 1 aliphatic heterocycles. The molecule has 9 nitrogen and oxygen atoms in total. The summed E-state index contributed by atoms with van der Waals surface area (Å²) in [6, 6.07) is 14.1. The van der Waals surface area contributed by atoms with Gasteiger partial charge in [-0.3, -0.25) is 14.4 Å². The van der Waals surface area contributed by atoms with Gasteiger partial charge < -0.3 is 20.1 Å². The Kier molecular flexibility index (Phi) is 8.13. The van der Waals surface area contributed by atoms with Gasteiger partial charge in [0.25, 0.3) is 11.5 Å².